The van der Waals surface area contributed by atoms with Crippen LogP contribution in [0.4, 0.5) is 4.39 Å². The van der Waals surface area contributed by atoms with Gasteiger partial charge in [-0.2, -0.15) is 0 Å². The maximum absolute atomic E-state index is 12.5. The van der Waals surface area contributed by atoms with E-state index >= 15 is 0 Å². The molecule has 0 aliphatic heterocycles. The summed E-state index contributed by atoms with van der Waals surface area (Å²) in [5.41, 5.74) is 0.415. The number of hydrogen-bond acceptors (Lipinski definition) is 2. The largest absolute Gasteiger partial charge is 0.459 e. The molecule has 1 aromatic carbocycles. The van der Waals surface area contributed by atoms with Gasteiger partial charge in [-0.25, -0.2) is 9.18 Å². The third kappa shape index (κ3) is 1.92. The van der Waals surface area contributed by atoms with Crippen LogP contribution in [0.25, 0.3) is 0 Å². The second-order valence-corrected chi connectivity index (χ2v) is 3.47. The molecule has 0 unspecified atom stereocenters. The van der Waals surface area contributed by atoms with E-state index in [1.54, 1.807) is 0 Å². The van der Waals surface area contributed by atoms with Gasteiger partial charge >= 0.3 is 5.97 Å². The molecule has 0 radical (unpaired) electrons. The lowest BCUT2D eigenvalue weighted by atomic mass is 9.96. The molecule has 0 N–H and O–H groups in total. The second-order valence-electron chi connectivity index (χ2n) is 3.47. The lowest BCUT2D eigenvalue weighted by Gasteiger charge is -2.25. The number of benzene rings is 1. The molecular formula is C11H11FO2. The Bertz CT molecular complexity index is 328. The molecule has 0 bridgehead atoms. The molecule has 2 rings (SSSR count). The number of rotatable bonds is 2. The number of carbonyl (C=O) groups excluding carboxylic acids is 1. The first-order chi connectivity index (χ1) is 6.75. The number of halogens is 1. The van der Waals surface area contributed by atoms with Crippen molar-refractivity contribution in [3.8, 4) is 0 Å². The van der Waals surface area contributed by atoms with Crippen molar-refractivity contribution in [3.05, 3.63) is 35.6 Å². The van der Waals surface area contributed by atoms with E-state index in [4.69, 9.17) is 4.74 Å². The zero-order valence-corrected chi connectivity index (χ0v) is 7.70. The van der Waals surface area contributed by atoms with Crippen LogP contribution >= 0.6 is 0 Å². The van der Waals surface area contributed by atoms with Gasteiger partial charge < -0.3 is 4.74 Å². The summed E-state index contributed by atoms with van der Waals surface area (Å²) in [6.07, 6.45) is 3.11. The highest BCUT2D eigenvalue weighted by atomic mass is 19.1. The highest BCUT2D eigenvalue weighted by Gasteiger charge is 2.22. The van der Waals surface area contributed by atoms with E-state index in [9.17, 15) is 9.18 Å². The summed E-state index contributed by atoms with van der Waals surface area (Å²) in [5, 5.41) is 0. The number of carbonyl (C=O) groups is 1. The van der Waals surface area contributed by atoms with Crippen LogP contribution in [0.3, 0.4) is 0 Å². The van der Waals surface area contributed by atoms with Crippen molar-refractivity contribution < 1.29 is 13.9 Å². The lowest BCUT2D eigenvalue weighted by molar-refractivity contribution is 0.00901. The van der Waals surface area contributed by atoms with Crippen LogP contribution in [-0.2, 0) is 4.74 Å². The first kappa shape index (κ1) is 9.19. The second kappa shape index (κ2) is 3.78. The molecule has 1 saturated carbocycles. The predicted octanol–water partition coefficient (Wildman–Crippen LogP) is 2.54. The molecule has 14 heavy (non-hydrogen) atoms. The fraction of sp³-hybridized carbons (Fsp3) is 0.364. The smallest absolute Gasteiger partial charge is 0.338 e. The zero-order valence-electron chi connectivity index (χ0n) is 7.70. The Balaban J connectivity index is 1.99. The normalized spacial score (nSPS) is 16.1. The van der Waals surface area contributed by atoms with Crippen LogP contribution in [0.2, 0.25) is 0 Å². The first-order valence-electron chi connectivity index (χ1n) is 4.72. The van der Waals surface area contributed by atoms with Gasteiger partial charge in [0.25, 0.3) is 0 Å². The molecular weight excluding hydrogens is 183 g/mol. The van der Waals surface area contributed by atoms with Crippen LogP contribution in [0.1, 0.15) is 29.6 Å². The van der Waals surface area contributed by atoms with Gasteiger partial charge in [-0.15, -0.1) is 0 Å². The standard InChI is InChI=1S/C11H11FO2/c12-9-6-4-8(5-7-9)11(13)14-10-2-1-3-10/h4-7,10H,1-3H2. The van der Waals surface area contributed by atoms with E-state index < -0.39 is 0 Å². The molecule has 0 saturated heterocycles. The molecule has 1 aromatic rings. The van der Waals surface area contributed by atoms with Crippen LogP contribution in [0.5, 0.6) is 0 Å². The Morgan fingerprint density at radius 3 is 2.43 bits per heavy atom. The molecule has 74 valence electrons. The van der Waals surface area contributed by atoms with Crippen molar-refractivity contribution in [2.45, 2.75) is 25.4 Å². The minimum Gasteiger partial charge on any atom is -0.459 e. The van der Waals surface area contributed by atoms with Crippen molar-refractivity contribution in [1.82, 2.24) is 0 Å². The van der Waals surface area contributed by atoms with Crippen LogP contribution < -0.4 is 0 Å². The van der Waals surface area contributed by atoms with Crippen molar-refractivity contribution >= 4 is 5.97 Å². The van der Waals surface area contributed by atoms with Crippen LogP contribution in [0, 0.1) is 5.82 Å². The van der Waals surface area contributed by atoms with E-state index in [-0.39, 0.29) is 17.9 Å². The summed E-state index contributed by atoms with van der Waals surface area (Å²) in [5.74, 6) is -0.695. The van der Waals surface area contributed by atoms with Crippen molar-refractivity contribution in [2.75, 3.05) is 0 Å². The summed E-state index contributed by atoms with van der Waals surface area (Å²) in [4.78, 5) is 11.4. The molecule has 0 amide bonds. The highest BCUT2D eigenvalue weighted by Crippen LogP contribution is 2.23. The van der Waals surface area contributed by atoms with Gasteiger partial charge in [0, 0.05) is 0 Å². The van der Waals surface area contributed by atoms with Gasteiger partial charge in [0.05, 0.1) is 5.56 Å². The fourth-order valence-corrected chi connectivity index (χ4v) is 1.29. The Kier molecular flexibility index (Phi) is 2.48. The number of esters is 1. The third-order valence-electron chi connectivity index (χ3n) is 2.41. The zero-order chi connectivity index (χ0) is 9.97. The average molecular weight is 194 g/mol. The summed E-state index contributed by atoms with van der Waals surface area (Å²) in [7, 11) is 0. The molecule has 0 spiro atoms. The summed E-state index contributed by atoms with van der Waals surface area (Å²) < 4.78 is 17.7. The average Bonchev–Trinajstić information content (AvgIpc) is 2.12. The summed E-state index contributed by atoms with van der Waals surface area (Å²) >= 11 is 0. The summed E-state index contributed by atoms with van der Waals surface area (Å²) in [6, 6.07) is 5.40. The Hall–Kier alpha value is -1.38. The van der Waals surface area contributed by atoms with Gasteiger partial charge in [-0.3, -0.25) is 0 Å². The van der Waals surface area contributed by atoms with E-state index in [0.29, 0.717) is 5.56 Å². The molecule has 1 fully saturated rings. The quantitative estimate of drug-likeness (QED) is 0.676. The number of ether oxygens (including phenoxy) is 1. The minimum atomic E-state index is -0.352. The Morgan fingerprint density at radius 2 is 1.93 bits per heavy atom. The van der Waals surface area contributed by atoms with Crippen LogP contribution in [0.15, 0.2) is 24.3 Å². The van der Waals surface area contributed by atoms with Crippen LogP contribution in [-0.4, -0.2) is 12.1 Å². The monoisotopic (exact) mass is 194 g/mol. The van der Waals surface area contributed by atoms with Gasteiger partial charge in [0.15, 0.2) is 0 Å². The highest BCUT2D eigenvalue weighted by molar-refractivity contribution is 5.89. The van der Waals surface area contributed by atoms with Gasteiger partial charge in [-0.1, -0.05) is 0 Å². The lowest BCUT2D eigenvalue weighted by Crippen LogP contribution is -2.25. The molecule has 0 heterocycles. The molecule has 2 nitrogen and oxygen atoms in total. The molecule has 0 aromatic heterocycles. The topological polar surface area (TPSA) is 26.3 Å². The molecule has 1 aliphatic carbocycles. The van der Waals surface area contributed by atoms with Gasteiger partial charge in [0.2, 0.25) is 0 Å². The van der Waals surface area contributed by atoms with E-state index in [0.717, 1.165) is 19.3 Å². The van der Waals surface area contributed by atoms with Gasteiger partial charge in [-0.05, 0) is 43.5 Å². The maximum Gasteiger partial charge on any atom is 0.338 e. The van der Waals surface area contributed by atoms with E-state index in [2.05, 4.69) is 0 Å². The van der Waals surface area contributed by atoms with E-state index in [1.165, 1.54) is 24.3 Å². The van der Waals surface area contributed by atoms with Crippen molar-refractivity contribution in [2.24, 2.45) is 0 Å². The molecule has 1 aliphatic rings. The molecule has 3 heteroatoms. The maximum atomic E-state index is 12.5. The number of hydrogen-bond donors (Lipinski definition) is 0. The minimum absolute atomic E-state index is 0.0764. The first-order valence-corrected chi connectivity index (χ1v) is 4.72. The predicted molar refractivity (Wildman–Crippen MR) is 49.5 cm³/mol. The fourth-order valence-electron chi connectivity index (χ4n) is 1.29. The van der Waals surface area contributed by atoms with Crippen molar-refractivity contribution in [1.29, 1.82) is 0 Å². The summed E-state index contributed by atoms with van der Waals surface area (Å²) in [6.45, 7) is 0. The van der Waals surface area contributed by atoms with Gasteiger partial charge in [0.1, 0.15) is 11.9 Å². The Morgan fingerprint density at radius 1 is 1.29 bits per heavy atom. The molecule has 0 atom stereocenters. The van der Waals surface area contributed by atoms with Crippen molar-refractivity contribution in [3.63, 3.8) is 0 Å². The SMILES string of the molecule is O=C(OC1CCC1)c1ccc(F)cc1. The Labute approximate surface area is 81.7 Å². The third-order valence-corrected chi connectivity index (χ3v) is 2.41. The van der Waals surface area contributed by atoms with E-state index in [1.807, 2.05) is 0 Å².